The average Bonchev–Trinajstić information content (AvgIpc) is 3.07. The smallest absolute Gasteiger partial charge is 0.317 e. The minimum absolute atomic E-state index is 0.0378. The van der Waals surface area contributed by atoms with Crippen molar-refractivity contribution in [3.8, 4) is 0 Å². The lowest BCUT2D eigenvalue weighted by Crippen LogP contribution is -2.41. The summed E-state index contributed by atoms with van der Waals surface area (Å²) in [6.45, 7) is 3.35. The van der Waals surface area contributed by atoms with Crippen LogP contribution in [0.25, 0.3) is 0 Å². The number of aliphatic hydroxyl groups excluding tert-OH is 1. The second kappa shape index (κ2) is 8.48. The Kier molecular flexibility index (Phi) is 6.64. The van der Waals surface area contributed by atoms with Crippen LogP contribution in [-0.2, 0) is 6.42 Å². The molecule has 1 aliphatic rings. The number of unbranched alkanes of at least 4 members (excludes halogenated alkanes) is 1. The van der Waals surface area contributed by atoms with Crippen molar-refractivity contribution in [2.75, 3.05) is 20.1 Å². The molecule has 0 aromatic carbocycles. The summed E-state index contributed by atoms with van der Waals surface area (Å²) >= 11 is 1.71. The number of nitrogens with zero attached hydrogens (tertiary/aromatic N) is 2. The molecule has 1 aliphatic carbocycles. The van der Waals surface area contributed by atoms with Crippen molar-refractivity contribution in [2.45, 2.75) is 51.6 Å². The van der Waals surface area contributed by atoms with E-state index < -0.39 is 0 Å². The predicted molar refractivity (Wildman–Crippen MR) is 89.2 cm³/mol. The normalized spacial score (nSPS) is 21.0. The summed E-state index contributed by atoms with van der Waals surface area (Å²) in [6, 6.07) is -0.0378. The first kappa shape index (κ1) is 17.2. The van der Waals surface area contributed by atoms with Gasteiger partial charge >= 0.3 is 6.03 Å². The number of aryl methyl sites for hydroxylation is 2. The van der Waals surface area contributed by atoms with Gasteiger partial charge in [-0.2, -0.15) is 0 Å². The molecule has 124 valence electrons. The summed E-state index contributed by atoms with van der Waals surface area (Å²) in [5.74, 6) is 0.240. The fourth-order valence-electron chi connectivity index (χ4n) is 2.91. The van der Waals surface area contributed by atoms with E-state index in [1.165, 1.54) is 5.01 Å². The van der Waals surface area contributed by atoms with E-state index >= 15 is 0 Å². The predicted octanol–water partition coefficient (Wildman–Crippen LogP) is 2.58. The van der Waals surface area contributed by atoms with Crippen LogP contribution in [0.4, 0.5) is 4.79 Å². The fraction of sp³-hybridized carbons (Fsp3) is 0.750. The number of urea groups is 1. The molecule has 2 atom stereocenters. The third kappa shape index (κ3) is 5.25. The Morgan fingerprint density at radius 2 is 2.32 bits per heavy atom. The summed E-state index contributed by atoms with van der Waals surface area (Å²) in [5, 5.41) is 16.0. The lowest BCUT2D eigenvalue weighted by Gasteiger charge is -2.23. The molecule has 5 nitrogen and oxygen atoms in total. The van der Waals surface area contributed by atoms with Gasteiger partial charge in [0.1, 0.15) is 0 Å². The Bertz CT molecular complexity index is 478. The topological polar surface area (TPSA) is 65.5 Å². The van der Waals surface area contributed by atoms with Crippen molar-refractivity contribution in [1.82, 2.24) is 15.2 Å². The maximum atomic E-state index is 12.0. The molecule has 22 heavy (non-hydrogen) atoms. The third-order valence-corrected chi connectivity index (χ3v) is 5.26. The second-order valence-electron chi connectivity index (χ2n) is 6.21. The zero-order valence-electron chi connectivity index (χ0n) is 13.5. The number of nitrogens with one attached hydrogen (secondary N) is 1. The monoisotopic (exact) mass is 325 g/mol. The number of hydrogen-bond acceptors (Lipinski definition) is 4. The lowest BCUT2D eigenvalue weighted by atomic mass is 10.1. The molecule has 2 amide bonds. The Labute approximate surface area is 136 Å². The van der Waals surface area contributed by atoms with Gasteiger partial charge in [0, 0.05) is 37.1 Å². The molecule has 0 aliphatic heterocycles. The van der Waals surface area contributed by atoms with Gasteiger partial charge in [-0.3, -0.25) is 0 Å². The first-order chi connectivity index (χ1) is 10.6. The Balaban J connectivity index is 1.56. The zero-order chi connectivity index (χ0) is 15.9. The van der Waals surface area contributed by atoms with Crippen LogP contribution in [0, 0.1) is 12.8 Å². The van der Waals surface area contributed by atoms with Crippen molar-refractivity contribution < 1.29 is 9.90 Å². The van der Waals surface area contributed by atoms with E-state index in [9.17, 15) is 9.90 Å². The molecule has 0 spiro atoms. The highest BCUT2D eigenvalue weighted by atomic mass is 32.1. The number of aliphatic hydroxyl groups is 1. The molecule has 0 radical (unpaired) electrons. The Hall–Kier alpha value is -1.14. The third-order valence-electron chi connectivity index (χ3n) is 4.23. The van der Waals surface area contributed by atoms with E-state index in [1.807, 2.05) is 6.92 Å². The van der Waals surface area contributed by atoms with E-state index in [1.54, 1.807) is 23.3 Å². The van der Waals surface area contributed by atoms with Crippen LogP contribution in [0.3, 0.4) is 0 Å². The number of amides is 2. The van der Waals surface area contributed by atoms with E-state index in [4.69, 9.17) is 0 Å². The number of aromatic nitrogens is 1. The standard InChI is InChI=1S/C16H27N3O2S/c1-12-11-22-15(18-12)8-3-4-9-17-16(21)19(2)10-13-6-5-7-14(13)20/h11,13-14,20H,3-10H2,1-2H3,(H,17,21). The molecule has 1 saturated carbocycles. The molecule has 0 saturated heterocycles. The van der Waals surface area contributed by atoms with Crippen molar-refractivity contribution >= 4 is 17.4 Å². The number of carbonyl (C=O) groups is 1. The molecule has 1 fully saturated rings. The highest BCUT2D eigenvalue weighted by Gasteiger charge is 2.27. The van der Waals surface area contributed by atoms with E-state index in [0.29, 0.717) is 13.1 Å². The van der Waals surface area contributed by atoms with Crippen molar-refractivity contribution in [3.63, 3.8) is 0 Å². The maximum Gasteiger partial charge on any atom is 0.317 e. The number of carbonyl (C=O) groups excluding carboxylic acids is 1. The van der Waals surface area contributed by atoms with Crippen LogP contribution in [0.2, 0.25) is 0 Å². The quantitative estimate of drug-likeness (QED) is 0.757. The van der Waals surface area contributed by atoms with Gasteiger partial charge in [0.15, 0.2) is 0 Å². The second-order valence-corrected chi connectivity index (χ2v) is 7.15. The Morgan fingerprint density at radius 3 is 2.95 bits per heavy atom. The van der Waals surface area contributed by atoms with Gasteiger partial charge in [0.2, 0.25) is 0 Å². The zero-order valence-corrected chi connectivity index (χ0v) is 14.4. The fourth-order valence-corrected chi connectivity index (χ4v) is 3.73. The summed E-state index contributed by atoms with van der Waals surface area (Å²) < 4.78 is 0. The molecule has 1 heterocycles. The summed E-state index contributed by atoms with van der Waals surface area (Å²) in [5.41, 5.74) is 1.09. The van der Waals surface area contributed by atoms with Gasteiger partial charge in [0.05, 0.1) is 11.1 Å². The van der Waals surface area contributed by atoms with Crippen LogP contribution in [0.5, 0.6) is 0 Å². The van der Waals surface area contributed by atoms with Crippen molar-refractivity contribution in [1.29, 1.82) is 0 Å². The first-order valence-electron chi connectivity index (χ1n) is 8.14. The highest BCUT2D eigenvalue weighted by Crippen LogP contribution is 2.25. The first-order valence-corrected chi connectivity index (χ1v) is 9.02. The van der Waals surface area contributed by atoms with E-state index in [-0.39, 0.29) is 18.1 Å². The average molecular weight is 325 g/mol. The highest BCUT2D eigenvalue weighted by molar-refractivity contribution is 7.09. The number of rotatable bonds is 7. The summed E-state index contributed by atoms with van der Waals surface area (Å²) in [4.78, 5) is 18.1. The minimum atomic E-state index is -0.239. The molecule has 0 bridgehead atoms. The molecule has 1 aromatic heterocycles. The van der Waals surface area contributed by atoms with Gasteiger partial charge in [-0.25, -0.2) is 9.78 Å². The molecule has 2 rings (SSSR count). The van der Waals surface area contributed by atoms with Gasteiger partial charge in [-0.1, -0.05) is 6.42 Å². The molecule has 6 heteroatoms. The SMILES string of the molecule is Cc1csc(CCCCNC(=O)N(C)CC2CCCC2O)n1. The minimum Gasteiger partial charge on any atom is -0.393 e. The number of hydrogen-bond donors (Lipinski definition) is 2. The van der Waals surface area contributed by atoms with Crippen LogP contribution in [0.1, 0.15) is 42.8 Å². The van der Waals surface area contributed by atoms with Crippen LogP contribution in [0.15, 0.2) is 5.38 Å². The largest absolute Gasteiger partial charge is 0.393 e. The lowest BCUT2D eigenvalue weighted by molar-refractivity contribution is 0.114. The van der Waals surface area contributed by atoms with Crippen LogP contribution in [-0.4, -0.2) is 47.3 Å². The number of thiazole rings is 1. The Morgan fingerprint density at radius 1 is 1.50 bits per heavy atom. The van der Waals surface area contributed by atoms with Crippen molar-refractivity contribution in [3.05, 3.63) is 16.1 Å². The van der Waals surface area contributed by atoms with E-state index in [2.05, 4.69) is 15.7 Å². The van der Waals surface area contributed by atoms with Gasteiger partial charge in [0.25, 0.3) is 0 Å². The molecule has 2 unspecified atom stereocenters. The summed E-state index contributed by atoms with van der Waals surface area (Å²) in [7, 11) is 1.80. The molecular weight excluding hydrogens is 298 g/mol. The summed E-state index contributed by atoms with van der Waals surface area (Å²) in [6.07, 6.45) is 5.71. The van der Waals surface area contributed by atoms with Crippen LogP contribution >= 0.6 is 11.3 Å². The van der Waals surface area contributed by atoms with Crippen molar-refractivity contribution in [2.24, 2.45) is 5.92 Å². The molecule has 2 N–H and O–H groups in total. The van der Waals surface area contributed by atoms with Crippen LogP contribution < -0.4 is 5.32 Å². The van der Waals surface area contributed by atoms with Gasteiger partial charge < -0.3 is 15.3 Å². The van der Waals surface area contributed by atoms with Gasteiger partial charge in [-0.05, 0) is 39.0 Å². The molecule has 1 aromatic rings. The maximum absolute atomic E-state index is 12.0. The van der Waals surface area contributed by atoms with Gasteiger partial charge in [-0.15, -0.1) is 11.3 Å². The molecular formula is C16H27N3O2S. The van der Waals surface area contributed by atoms with E-state index in [0.717, 1.165) is 44.2 Å².